The van der Waals surface area contributed by atoms with E-state index >= 15 is 0 Å². The first-order chi connectivity index (χ1) is 16.3. The highest BCUT2D eigenvalue weighted by molar-refractivity contribution is 6.30. The second-order valence-corrected chi connectivity index (χ2v) is 9.48. The number of fused-ring (bicyclic) bond motifs is 3. The van der Waals surface area contributed by atoms with E-state index in [-0.39, 0.29) is 0 Å². The zero-order chi connectivity index (χ0) is 23.9. The van der Waals surface area contributed by atoms with Gasteiger partial charge in [-0.1, -0.05) is 17.7 Å². The van der Waals surface area contributed by atoms with Gasteiger partial charge in [-0.2, -0.15) is 0 Å². The molecule has 1 unspecified atom stereocenters. The summed E-state index contributed by atoms with van der Waals surface area (Å²) in [5.41, 5.74) is -0.352. The number of carbonyl (C=O) groups excluding carboxylic acids is 1. The molecule has 0 aliphatic carbocycles. The third kappa shape index (κ3) is 4.43. The fourth-order valence-electron chi connectivity index (χ4n) is 4.49. The lowest BCUT2D eigenvalue weighted by Gasteiger charge is -2.45. The SMILES string of the molecule is CC1(C)Oc2ccc3ccc(=O)oc3c2[C@H](OC(=O)c2cccc(Cl)c2)[C@H]1OC1CCCCO1. The van der Waals surface area contributed by atoms with Crippen LogP contribution in [-0.2, 0) is 14.2 Å². The maximum absolute atomic E-state index is 13.2. The molecule has 0 N–H and O–H groups in total. The van der Waals surface area contributed by atoms with E-state index in [0.29, 0.717) is 39.5 Å². The van der Waals surface area contributed by atoms with Crippen LogP contribution >= 0.6 is 11.6 Å². The lowest BCUT2D eigenvalue weighted by atomic mass is 9.87. The van der Waals surface area contributed by atoms with Gasteiger partial charge in [0.25, 0.3) is 0 Å². The molecule has 2 aliphatic heterocycles. The van der Waals surface area contributed by atoms with Gasteiger partial charge in [-0.15, -0.1) is 0 Å². The molecule has 3 heterocycles. The first-order valence-corrected chi connectivity index (χ1v) is 11.7. The van der Waals surface area contributed by atoms with E-state index in [9.17, 15) is 9.59 Å². The van der Waals surface area contributed by atoms with Crippen molar-refractivity contribution in [1.29, 1.82) is 0 Å². The Morgan fingerprint density at radius 3 is 2.71 bits per heavy atom. The Labute approximate surface area is 201 Å². The van der Waals surface area contributed by atoms with Gasteiger partial charge in [-0.05, 0) is 69.5 Å². The quantitative estimate of drug-likeness (QED) is 0.360. The molecule has 2 aromatic carbocycles. The highest BCUT2D eigenvalue weighted by Gasteiger charge is 2.49. The largest absolute Gasteiger partial charge is 0.484 e. The topological polar surface area (TPSA) is 84.2 Å². The van der Waals surface area contributed by atoms with Crippen LogP contribution in [0.25, 0.3) is 11.0 Å². The van der Waals surface area contributed by atoms with Gasteiger partial charge in [-0.3, -0.25) is 0 Å². The van der Waals surface area contributed by atoms with Gasteiger partial charge < -0.3 is 23.4 Å². The predicted molar refractivity (Wildman–Crippen MR) is 125 cm³/mol. The molecule has 0 radical (unpaired) electrons. The maximum atomic E-state index is 13.2. The van der Waals surface area contributed by atoms with E-state index in [4.69, 9.17) is 35.0 Å². The minimum atomic E-state index is -0.926. The van der Waals surface area contributed by atoms with Crippen LogP contribution in [0.4, 0.5) is 0 Å². The molecule has 34 heavy (non-hydrogen) atoms. The van der Waals surface area contributed by atoms with Crippen molar-refractivity contribution < 1.29 is 28.2 Å². The molecular formula is C26H25ClO7. The van der Waals surface area contributed by atoms with Crippen molar-refractivity contribution in [3.8, 4) is 5.75 Å². The molecule has 0 amide bonds. The van der Waals surface area contributed by atoms with Gasteiger partial charge in [-0.25, -0.2) is 9.59 Å². The molecule has 178 valence electrons. The van der Waals surface area contributed by atoms with Crippen molar-refractivity contribution >= 4 is 28.5 Å². The standard InChI is InChI=1S/C26H25ClO7/c1-26(2)24(32-20-8-3-4-13-30-20)23(33-25(29)16-6-5-7-17(27)14-16)21-18(34-26)11-9-15-10-12-19(28)31-22(15)21/h5-7,9-12,14,20,23-24H,3-4,8,13H2,1-2H3/t20?,23-,24+/m0/s1. The Balaban J connectivity index is 1.62. The van der Waals surface area contributed by atoms with Gasteiger partial charge in [0.1, 0.15) is 23.0 Å². The van der Waals surface area contributed by atoms with Gasteiger partial charge >= 0.3 is 11.6 Å². The molecule has 8 heteroatoms. The molecule has 3 aromatic rings. The van der Waals surface area contributed by atoms with Crippen LogP contribution in [0.15, 0.2) is 57.7 Å². The Bertz CT molecular complexity index is 1280. The Morgan fingerprint density at radius 2 is 1.94 bits per heavy atom. The summed E-state index contributed by atoms with van der Waals surface area (Å²) < 4.78 is 30.1. The molecule has 1 aromatic heterocycles. The van der Waals surface area contributed by atoms with Crippen molar-refractivity contribution in [2.75, 3.05) is 6.61 Å². The first-order valence-electron chi connectivity index (χ1n) is 11.3. The lowest BCUT2D eigenvalue weighted by molar-refractivity contribution is -0.245. The summed E-state index contributed by atoms with van der Waals surface area (Å²) in [5, 5.41) is 1.10. The van der Waals surface area contributed by atoms with Crippen LogP contribution in [0.3, 0.4) is 0 Å². The van der Waals surface area contributed by atoms with E-state index in [2.05, 4.69) is 0 Å². The van der Waals surface area contributed by atoms with E-state index < -0.39 is 35.7 Å². The fraction of sp³-hybridized carbons (Fsp3) is 0.385. The highest BCUT2D eigenvalue weighted by atomic mass is 35.5. The summed E-state index contributed by atoms with van der Waals surface area (Å²) in [5.74, 6) is -0.121. The normalized spacial score (nSPS) is 23.7. The van der Waals surface area contributed by atoms with E-state index in [1.807, 2.05) is 13.8 Å². The summed E-state index contributed by atoms with van der Waals surface area (Å²) in [6, 6.07) is 13.1. The molecule has 0 saturated carbocycles. The summed E-state index contributed by atoms with van der Waals surface area (Å²) in [6.45, 7) is 4.34. The van der Waals surface area contributed by atoms with E-state index in [0.717, 1.165) is 19.3 Å². The summed E-state index contributed by atoms with van der Waals surface area (Å²) in [7, 11) is 0. The summed E-state index contributed by atoms with van der Waals surface area (Å²) >= 11 is 6.09. The maximum Gasteiger partial charge on any atom is 0.338 e. The number of benzene rings is 2. The molecule has 0 bridgehead atoms. The Kier molecular flexibility index (Phi) is 6.10. The molecule has 5 rings (SSSR count). The van der Waals surface area contributed by atoms with Crippen LogP contribution in [0.2, 0.25) is 5.02 Å². The molecule has 2 aliphatic rings. The predicted octanol–water partition coefficient (Wildman–Crippen LogP) is 5.43. The van der Waals surface area contributed by atoms with Gasteiger partial charge in [0.05, 0.1) is 11.1 Å². The van der Waals surface area contributed by atoms with Crippen molar-refractivity contribution in [3.05, 3.63) is 75.1 Å². The number of esters is 1. The zero-order valence-corrected chi connectivity index (χ0v) is 19.7. The van der Waals surface area contributed by atoms with Crippen LogP contribution in [0, 0.1) is 0 Å². The third-order valence-electron chi connectivity index (χ3n) is 6.14. The first kappa shape index (κ1) is 22.9. The molecule has 0 spiro atoms. The third-order valence-corrected chi connectivity index (χ3v) is 6.37. The summed E-state index contributed by atoms with van der Waals surface area (Å²) in [4.78, 5) is 25.3. The van der Waals surface area contributed by atoms with E-state index in [1.165, 1.54) is 6.07 Å². The fourth-order valence-corrected chi connectivity index (χ4v) is 4.68. The molecule has 3 atom stereocenters. The minimum absolute atomic E-state index is 0.294. The zero-order valence-electron chi connectivity index (χ0n) is 18.9. The average molecular weight is 485 g/mol. The van der Waals surface area contributed by atoms with Crippen molar-refractivity contribution in [2.45, 2.75) is 57.2 Å². The second kappa shape index (κ2) is 9.06. The summed E-state index contributed by atoms with van der Waals surface area (Å²) in [6.07, 6.45) is 0.542. The van der Waals surface area contributed by atoms with Gasteiger partial charge in [0.15, 0.2) is 12.4 Å². The van der Waals surface area contributed by atoms with E-state index in [1.54, 1.807) is 42.5 Å². The van der Waals surface area contributed by atoms with Crippen LogP contribution in [0.1, 0.15) is 55.1 Å². The van der Waals surface area contributed by atoms with Gasteiger partial charge in [0.2, 0.25) is 0 Å². The Morgan fingerprint density at radius 1 is 1.12 bits per heavy atom. The van der Waals surface area contributed by atoms with Gasteiger partial charge in [0, 0.05) is 23.1 Å². The van der Waals surface area contributed by atoms with Crippen LogP contribution < -0.4 is 10.4 Å². The number of rotatable bonds is 4. The number of ether oxygens (including phenoxy) is 4. The molecular weight excluding hydrogens is 460 g/mol. The van der Waals surface area contributed by atoms with Crippen molar-refractivity contribution in [1.82, 2.24) is 0 Å². The smallest absolute Gasteiger partial charge is 0.338 e. The molecule has 1 fully saturated rings. The van der Waals surface area contributed by atoms with Crippen LogP contribution in [0.5, 0.6) is 5.75 Å². The lowest BCUT2D eigenvalue weighted by Crippen LogP contribution is -2.53. The minimum Gasteiger partial charge on any atom is -0.484 e. The van der Waals surface area contributed by atoms with Crippen LogP contribution in [-0.4, -0.2) is 30.6 Å². The average Bonchev–Trinajstić information content (AvgIpc) is 2.81. The number of carbonyl (C=O) groups is 1. The number of hydrogen-bond acceptors (Lipinski definition) is 7. The molecule has 1 saturated heterocycles. The second-order valence-electron chi connectivity index (χ2n) is 9.04. The number of halogens is 1. The highest BCUT2D eigenvalue weighted by Crippen LogP contribution is 2.47. The Hall–Kier alpha value is -2.87. The monoisotopic (exact) mass is 484 g/mol. The molecule has 7 nitrogen and oxygen atoms in total. The van der Waals surface area contributed by atoms with Crippen molar-refractivity contribution in [2.24, 2.45) is 0 Å². The van der Waals surface area contributed by atoms with Crippen molar-refractivity contribution in [3.63, 3.8) is 0 Å². The number of hydrogen-bond donors (Lipinski definition) is 0.